The maximum Gasteiger partial charge on any atom is 0.270 e. The van der Waals surface area contributed by atoms with Crippen LogP contribution in [0.5, 0.6) is 0 Å². The van der Waals surface area contributed by atoms with Gasteiger partial charge < -0.3 is 10.4 Å². The molecular weight excluding hydrogens is 330 g/mol. The number of carbonyl (C=O) groups excluding carboxylic acids is 1. The quantitative estimate of drug-likeness (QED) is 0.638. The first-order valence-electron chi connectivity index (χ1n) is 7.35. The van der Waals surface area contributed by atoms with E-state index in [4.69, 9.17) is 0 Å². The summed E-state index contributed by atoms with van der Waals surface area (Å²) in [6.07, 6.45) is -0.658. The number of aromatic nitrogens is 1. The fourth-order valence-corrected chi connectivity index (χ4v) is 2.63. The van der Waals surface area contributed by atoms with E-state index in [0.29, 0.717) is 10.6 Å². The molecule has 128 valence electrons. The largest absolute Gasteiger partial charge is 0.391 e. The Kier molecular flexibility index (Phi) is 5.30. The summed E-state index contributed by atoms with van der Waals surface area (Å²) in [5.74, 6) is -0.359. The zero-order valence-corrected chi connectivity index (χ0v) is 14.5. The number of thiazole rings is 1. The predicted molar refractivity (Wildman–Crippen MR) is 92.0 cm³/mol. The lowest BCUT2D eigenvalue weighted by Gasteiger charge is -2.25. The normalized spacial score (nSPS) is 12.7. The first-order valence-corrected chi connectivity index (χ1v) is 8.23. The third-order valence-corrected chi connectivity index (χ3v) is 4.41. The summed E-state index contributed by atoms with van der Waals surface area (Å²) >= 11 is 1.28. The van der Waals surface area contributed by atoms with Crippen LogP contribution in [0.1, 0.15) is 31.3 Å². The topological polar surface area (TPSA) is 105 Å². The van der Waals surface area contributed by atoms with Crippen LogP contribution in [0.15, 0.2) is 29.6 Å². The number of nitrogens with zero attached hydrogens (tertiary/aromatic N) is 2. The van der Waals surface area contributed by atoms with Gasteiger partial charge in [-0.1, -0.05) is 20.8 Å². The summed E-state index contributed by atoms with van der Waals surface area (Å²) in [4.78, 5) is 26.5. The number of benzene rings is 1. The van der Waals surface area contributed by atoms with Gasteiger partial charge in [0.2, 0.25) is 0 Å². The first-order chi connectivity index (χ1) is 11.2. The summed E-state index contributed by atoms with van der Waals surface area (Å²) in [5.41, 5.74) is 0.650. The maximum absolute atomic E-state index is 12.1. The molecule has 0 fully saturated rings. The Morgan fingerprint density at radius 1 is 1.38 bits per heavy atom. The molecular formula is C16H19N3O4S. The second-order valence-corrected chi connectivity index (χ2v) is 7.29. The number of aliphatic hydroxyl groups excluding tert-OH is 1. The van der Waals surface area contributed by atoms with E-state index in [2.05, 4.69) is 10.3 Å². The van der Waals surface area contributed by atoms with Gasteiger partial charge in [0, 0.05) is 29.6 Å². The van der Waals surface area contributed by atoms with Gasteiger partial charge in [-0.3, -0.25) is 14.9 Å². The Bertz CT molecular complexity index is 735. The monoisotopic (exact) mass is 349 g/mol. The highest BCUT2D eigenvalue weighted by atomic mass is 32.1. The Hall–Kier alpha value is -2.32. The lowest BCUT2D eigenvalue weighted by atomic mass is 9.89. The van der Waals surface area contributed by atoms with Crippen molar-refractivity contribution >= 4 is 22.9 Å². The van der Waals surface area contributed by atoms with Crippen LogP contribution in [-0.4, -0.2) is 33.6 Å². The van der Waals surface area contributed by atoms with E-state index >= 15 is 0 Å². The third-order valence-electron chi connectivity index (χ3n) is 3.52. The van der Waals surface area contributed by atoms with E-state index in [-0.39, 0.29) is 29.2 Å². The van der Waals surface area contributed by atoms with Crippen LogP contribution in [-0.2, 0) is 0 Å². The molecule has 1 heterocycles. The molecule has 1 amide bonds. The van der Waals surface area contributed by atoms with E-state index in [1.54, 1.807) is 17.5 Å². The van der Waals surface area contributed by atoms with Gasteiger partial charge >= 0.3 is 0 Å². The van der Waals surface area contributed by atoms with Crippen molar-refractivity contribution < 1.29 is 14.8 Å². The van der Waals surface area contributed by atoms with Crippen LogP contribution in [0.2, 0.25) is 0 Å². The SMILES string of the molecule is CC(C)(C)C(O)CNC(=O)c1csc(-c2ccc([N+](=O)[O-])cc2)n1. The molecule has 24 heavy (non-hydrogen) atoms. The number of non-ortho nitro benzene ring substituents is 1. The van der Waals surface area contributed by atoms with Crippen molar-refractivity contribution in [1.82, 2.24) is 10.3 Å². The van der Waals surface area contributed by atoms with Crippen LogP contribution in [0.4, 0.5) is 5.69 Å². The molecule has 1 atom stereocenters. The van der Waals surface area contributed by atoms with E-state index in [9.17, 15) is 20.0 Å². The van der Waals surface area contributed by atoms with Crippen molar-refractivity contribution in [1.29, 1.82) is 0 Å². The molecule has 1 aromatic carbocycles. The minimum Gasteiger partial charge on any atom is -0.391 e. The Morgan fingerprint density at radius 2 is 2.00 bits per heavy atom. The molecule has 1 unspecified atom stereocenters. The van der Waals surface area contributed by atoms with Crippen LogP contribution >= 0.6 is 11.3 Å². The summed E-state index contributed by atoms with van der Waals surface area (Å²) in [7, 11) is 0. The molecule has 2 N–H and O–H groups in total. The fourth-order valence-electron chi connectivity index (χ4n) is 1.82. The summed E-state index contributed by atoms with van der Waals surface area (Å²) in [5, 5.41) is 25.5. The van der Waals surface area contributed by atoms with Crippen LogP contribution < -0.4 is 5.32 Å². The van der Waals surface area contributed by atoms with Crippen molar-refractivity contribution in [3.63, 3.8) is 0 Å². The minimum atomic E-state index is -0.658. The third kappa shape index (κ3) is 4.36. The number of aliphatic hydroxyl groups is 1. The molecule has 0 radical (unpaired) electrons. The number of nitro groups is 1. The van der Waals surface area contributed by atoms with Crippen LogP contribution in [0.3, 0.4) is 0 Å². The smallest absolute Gasteiger partial charge is 0.270 e. The molecule has 1 aromatic heterocycles. The molecule has 0 aliphatic heterocycles. The fraction of sp³-hybridized carbons (Fsp3) is 0.375. The molecule has 0 saturated heterocycles. The minimum absolute atomic E-state index is 0.00411. The molecule has 7 nitrogen and oxygen atoms in total. The number of carbonyl (C=O) groups is 1. The highest BCUT2D eigenvalue weighted by molar-refractivity contribution is 7.13. The number of hydrogen-bond donors (Lipinski definition) is 2. The van der Waals surface area contributed by atoms with Gasteiger partial charge in [-0.2, -0.15) is 0 Å². The first kappa shape index (κ1) is 18.0. The molecule has 0 bridgehead atoms. The van der Waals surface area contributed by atoms with Gasteiger partial charge in [0.15, 0.2) is 0 Å². The van der Waals surface area contributed by atoms with E-state index in [1.165, 1.54) is 23.5 Å². The van der Waals surface area contributed by atoms with E-state index < -0.39 is 11.0 Å². The second-order valence-electron chi connectivity index (χ2n) is 6.43. The van der Waals surface area contributed by atoms with Gasteiger partial charge in [0.1, 0.15) is 10.7 Å². The highest BCUT2D eigenvalue weighted by Gasteiger charge is 2.23. The average molecular weight is 349 g/mol. The predicted octanol–water partition coefficient (Wildman–Crippen LogP) is 2.86. The zero-order chi connectivity index (χ0) is 17.9. The molecule has 0 aliphatic carbocycles. The second kappa shape index (κ2) is 7.06. The van der Waals surface area contributed by atoms with Gasteiger partial charge in [0.25, 0.3) is 11.6 Å². The number of nitro benzene ring substituents is 1. The average Bonchev–Trinajstić information content (AvgIpc) is 3.01. The number of nitrogens with one attached hydrogen (secondary N) is 1. The molecule has 0 spiro atoms. The summed E-state index contributed by atoms with van der Waals surface area (Å²) in [6, 6.07) is 6.00. The zero-order valence-electron chi connectivity index (χ0n) is 13.6. The van der Waals surface area contributed by atoms with E-state index in [0.717, 1.165) is 0 Å². The van der Waals surface area contributed by atoms with Crippen LogP contribution in [0, 0.1) is 15.5 Å². The van der Waals surface area contributed by atoms with Crippen LogP contribution in [0.25, 0.3) is 10.6 Å². The van der Waals surface area contributed by atoms with Crippen molar-refractivity contribution in [2.24, 2.45) is 5.41 Å². The number of amides is 1. The Morgan fingerprint density at radius 3 is 2.54 bits per heavy atom. The van der Waals surface area contributed by atoms with E-state index in [1.807, 2.05) is 20.8 Å². The van der Waals surface area contributed by atoms with Crippen molar-refractivity contribution in [3.8, 4) is 10.6 Å². The standard InChI is InChI=1S/C16H19N3O4S/c1-16(2,3)13(20)8-17-14(21)12-9-24-15(18-12)10-4-6-11(7-5-10)19(22)23/h4-7,9,13,20H,8H2,1-3H3,(H,17,21). The molecule has 8 heteroatoms. The lowest BCUT2D eigenvalue weighted by molar-refractivity contribution is -0.384. The Labute approximate surface area is 143 Å². The van der Waals surface area contributed by atoms with Gasteiger partial charge in [-0.05, 0) is 17.5 Å². The van der Waals surface area contributed by atoms with Crippen molar-refractivity contribution in [3.05, 3.63) is 45.5 Å². The number of rotatable bonds is 5. The maximum atomic E-state index is 12.1. The van der Waals surface area contributed by atoms with Gasteiger partial charge in [-0.15, -0.1) is 11.3 Å². The highest BCUT2D eigenvalue weighted by Crippen LogP contribution is 2.25. The number of hydrogen-bond acceptors (Lipinski definition) is 6. The summed E-state index contributed by atoms with van der Waals surface area (Å²) < 4.78 is 0. The molecule has 0 saturated carbocycles. The Balaban J connectivity index is 2.04. The molecule has 2 aromatic rings. The summed E-state index contributed by atoms with van der Waals surface area (Å²) in [6.45, 7) is 5.81. The van der Waals surface area contributed by atoms with Gasteiger partial charge in [0.05, 0.1) is 11.0 Å². The van der Waals surface area contributed by atoms with Crippen molar-refractivity contribution in [2.75, 3.05) is 6.54 Å². The lowest BCUT2D eigenvalue weighted by Crippen LogP contribution is -2.39. The molecule has 0 aliphatic rings. The van der Waals surface area contributed by atoms with Gasteiger partial charge in [-0.25, -0.2) is 4.98 Å². The van der Waals surface area contributed by atoms with Crippen molar-refractivity contribution in [2.45, 2.75) is 26.9 Å². The molecule has 2 rings (SSSR count).